The average molecular weight is 520 g/mol. The number of carbonyl (C=O) groups excluding carboxylic acids is 1. The highest BCUT2D eigenvalue weighted by Gasteiger charge is 2.23. The third-order valence-electron chi connectivity index (χ3n) is 6.40. The number of amides is 1. The molecule has 0 unspecified atom stereocenters. The molecule has 4 heterocycles. The van der Waals surface area contributed by atoms with E-state index in [4.69, 9.17) is 14.7 Å². The van der Waals surface area contributed by atoms with Crippen LogP contribution in [0, 0.1) is 5.92 Å². The standard InChI is InChI=1S/C23H34BrN7O2/c1-16(2)19-15-26-31-21(19)28-22(27-18-7-12-33-13-8-18)29-23(31)25-14-17-5-10-30(11-6-17)20(32)4-3-9-24/h3-4,15-18H,5-14H2,1-2H3,(H2,25,27,28,29)/b4-3+. The first-order valence-electron chi connectivity index (χ1n) is 11.9. The number of ether oxygens (including phenoxy) is 1. The zero-order valence-electron chi connectivity index (χ0n) is 19.5. The Balaban J connectivity index is 1.44. The lowest BCUT2D eigenvalue weighted by molar-refractivity contribution is -0.127. The lowest BCUT2D eigenvalue weighted by Gasteiger charge is -2.31. The summed E-state index contributed by atoms with van der Waals surface area (Å²) in [6.07, 6.45) is 9.24. The molecule has 33 heavy (non-hydrogen) atoms. The summed E-state index contributed by atoms with van der Waals surface area (Å²) in [5.74, 6) is 2.24. The number of rotatable bonds is 8. The highest BCUT2D eigenvalue weighted by atomic mass is 79.9. The first kappa shape index (κ1) is 23.9. The van der Waals surface area contributed by atoms with Gasteiger partial charge in [-0.25, -0.2) is 0 Å². The fourth-order valence-corrected chi connectivity index (χ4v) is 4.54. The van der Waals surface area contributed by atoms with E-state index in [1.54, 1.807) is 6.08 Å². The molecule has 0 aliphatic carbocycles. The van der Waals surface area contributed by atoms with Crippen LogP contribution >= 0.6 is 15.9 Å². The van der Waals surface area contributed by atoms with Gasteiger partial charge in [0.25, 0.3) is 0 Å². The molecule has 180 valence electrons. The lowest BCUT2D eigenvalue weighted by Crippen LogP contribution is -2.39. The van der Waals surface area contributed by atoms with Crippen molar-refractivity contribution >= 4 is 39.4 Å². The number of piperidine rings is 1. The second-order valence-corrected chi connectivity index (χ2v) is 9.75. The van der Waals surface area contributed by atoms with Gasteiger partial charge in [-0.15, -0.1) is 0 Å². The third-order valence-corrected chi connectivity index (χ3v) is 6.77. The Bertz CT molecular complexity index is 963. The van der Waals surface area contributed by atoms with Crippen molar-refractivity contribution in [2.45, 2.75) is 51.5 Å². The van der Waals surface area contributed by atoms with Gasteiger partial charge in [0.2, 0.25) is 17.8 Å². The Morgan fingerprint density at radius 3 is 2.70 bits per heavy atom. The van der Waals surface area contributed by atoms with Gasteiger partial charge in [0.1, 0.15) is 0 Å². The Labute approximate surface area is 203 Å². The van der Waals surface area contributed by atoms with Crippen molar-refractivity contribution in [3.8, 4) is 0 Å². The molecule has 2 N–H and O–H groups in total. The van der Waals surface area contributed by atoms with E-state index in [0.29, 0.717) is 35.1 Å². The first-order chi connectivity index (χ1) is 16.0. The van der Waals surface area contributed by atoms with Gasteiger partial charge in [-0.05, 0) is 43.6 Å². The van der Waals surface area contributed by atoms with Crippen LogP contribution < -0.4 is 10.6 Å². The number of fused-ring (bicyclic) bond motifs is 1. The molecule has 0 aromatic carbocycles. The number of halogens is 1. The van der Waals surface area contributed by atoms with Crippen LogP contribution in [0.4, 0.5) is 11.9 Å². The molecule has 4 rings (SSSR count). The second-order valence-electron chi connectivity index (χ2n) is 9.10. The summed E-state index contributed by atoms with van der Waals surface area (Å²) in [6.45, 7) is 8.20. The van der Waals surface area contributed by atoms with Crippen molar-refractivity contribution in [1.29, 1.82) is 0 Å². The molecule has 2 aliphatic heterocycles. The van der Waals surface area contributed by atoms with Crippen molar-refractivity contribution in [3.63, 3.8) is 0 Å². The van der Waals surface area contributed by atoms with Crippen molar-refractivity contribution < 1.29 is 9.53 Å². The number of anilines is 2. The average Bonchev–Trinajstić information content (AvgIpc) is 3.26. The van der Waals surface area contributed by atoms with E-state index in [2.05, 4.69) is 45.5 Å². The molecule has 2 aromatic rings. The molecule has 2 fully saturated rings. The lowest BCUT2D eigenvalue weighted by atomic mass is 9.97. The SMILES string of the molecule is CC(C)c1cnn2c(NCC3CCN(C(=O)/C=C/CBr)CC3)nc(NC3CCOCC3)nc12. The van der Waals surface area contributed by atoms with E-state index < -0.39 is 0 Å². The number of hydrogen-bond donors (Lipinski definition) is 2. The Kier molecular flexibility index (Phi) is 8.19. The molecule has 10 heteroatoms. The van der Waals surface area contributed by atoms with Crippen LogP contribution in [0.1, 0.15) is 51.0 Å². The van der Waals surface area contributed by atoms with Crippen LogP contribution in [0.15, 0.2) is 18.3 Å². The normalized spacial score (nSPS) is 18.5. The number of nitrogens with zero attached hydrogens (tertiary/aromatic N) is 5. The summed E-state index contributed by atoms with van der Waals surface area (Å²) in [5, 5.41) is 12.3. The summed E-state index contributed by atoms with van der Waals surface area (Å²) in [4.78, 5) is 23.7. The summed E-state index contributed by atoms with van der Waals surface area (Å²) in [7, 11) is 0. The molecule has 0 bridgehead atoms. The number of alkyl halides is 1. The van der Waals surface area contributed by atoms with Gasteiger partial charge in [-0.2, -0.15) is 19.6 Å². The van der Waals surface area contributed by atoms with Crippen molar-refractivity contribution in [2.75, 3.05) is 48.8 Å². The summed E-state index contributed by atoms with van der Waals surface area (Å²) in [6, 6.07) is 0.319. The van der Waals surface area contributed by atoms with E-state index in [1.165, 1.54) is 0 Å². The quantitative estimate of drug-likeness (QED) is 0.407. The molecule has 9 nitrogen and oxygen atoms in total. The largest absolute Gasteiger partial charge is 0.381 e. The number of hydrogen-bond acceptors (Lipinski definition) is 7. The molecule has 0 saturated carbocycles. The Morgan fingerprint density at radius 1 is 1.24 bits per heavy atom. The monoisotopic (exact) mass is 519 g/mol. The highest BCUT2D eigenvalue weighted by molar-refractivity contribution is 9.09. The van der Waals surface area contributed by atoms with Crippen LogP contribution in [0.3, 0.4) is 0 Å². The smallest absolute Gasteiger partial charge is 0.246 e. The van der Waals surface area contributed by atoms with Gasteiger partial charge in [0, 0.05) is 49.8 Å². The fourth-order valence-electron chi connectivity index (χ4n) is 4.35. The molecular weight excluding hydrogens is 486 g/mol. The van der Waals surface area contributed by atoms with Gasteiger partial charge in [0.15, 0.2) is 5.65 Å². The minimum Gasteiger partial charge on any atom is -0.381 e. The van der Waals surface area contributed by atoms with Crippen LogP contribution in [0.25, 0.3) is 5.65 Å². The zero-order valence-corrected chi connectivity index (χ0v) is 21.1. The highest BCUT2D eigenvalue weighted by Crippen LogP contribution is 2.24. The molecule has 0 radical (unpaired) electrons. The number of likely N-dealkylation sites (tertiary alicyclic amines) is 1. The van der Waals surface area contributed by atoms with Crippen LogP contribution in [0.2, 0.25) is 0 Å². The van der Waals surface area contributed by atoms with Gasteiger partial charge >= 0.3 is 0 Å². The van der Waals surface area contributed by atoms with E-state index in [1.807, 2.05) is 21.7 Å². The number of allylic oxidation sites excluding steroid dienone is 1. The second kappa shape index (κ2) is 11.3. The summed E-state index contributed by atoms with van der Waals surface area (Å²) >= 11 is 3.32. The van der Waals surface area contributed by atoms with Crippen LogP contribution in [0.5, 0.6) is 0 Å². The van der Waals surface area contributed by atoms with Gasteiger partial charge in [0.05, 0.1) is 6.20 Å². The zero-order chi connectivity index (χ0) is 23.2. The van der Waals surface area contributed by atoms with Gasteiger partial charge < -0.3 is 20.3 Å². The van der Waals surface area contributed by atoms with E-state index in [0.717, 1.165) is 69.7 Å². The fraction of sp³-hybridized carbons (Fsp3) is 0.652. The van der Waals surface area contributed by atoms with Crippen LogP contribution in [-0.2, 0) is 9.53 Å². The molecule has 2 aliphatic rings. The van der Waals surface area contributed by atoms with Crippen LogP contribution in [-0.4, -0.2) is 74.6 Å². The number of aromatic nitrogens is 4. The van der Waals surface area contributed by atoms with E-state index in [9.17, 15) is 4.79 Å². The summed E-state index contributed by atoms with van der Waals surface area (Å²) in [5.41, 5.74) is 1.95. The maximum Gasteiger partial charge on any atom is 0.246 e. The molecular formula is C23H34BrN7O2. The topological polar surface area (TPSA) is 96.7 Å². The molecule has 1 amide bonds. The first-order valence-corrected chi connectivity index (χ1v) is 13.0. The predicted octanol–water partition coefficient (Wildman–Crippen LogP) is 3.44. The molecule has 2 saturated heterocycles. The third kappa shape index (κ3) is 6.03. The molecule has 2 aromatic heterocycles. The predicted molar refractivity (Wildman–Crippen MR) is 133 cm³/mol. The molecule has 0 spiro atoms. The van der Waals surface area contributed by atoms with Crippen molar-refractivity contribution in [2.24, 2.45) is 5.92 Å². The Morgan fingerprint density at radius 2 is 2.00 bits per heavy atom. The minimum atomic E-state index is 0.0972. The van der Waals surface area contributed by atoms with E-state index >= 15 is 0 Å². The number of carbonyl (C=O) groups is 1. The minimum absolute atomic E-state index is 0.0972. The van der Waals surface area contributed by atoms with E-state index in [-0.39, 0.29) is 5.91 Å². The summed E-state index contributed by atoms with van der Waals surface area (Å²) < 4.78 is 7.29. The molecule has 0 atom stereocenters. The van der Waals surface area contributed by atoms with Crippen molar-refractivity contribution in [1.82, 2.24) is 24.5 Å². The number of nitrogens with one attached hydrogen (secondary N) is 2. The van der Waals surface area contributed by atoms with Gasteiger partial charge in [-0.3, -0.25) is 4.79 Å². The van der Waals surface area contributed by atoms with Gasteiger partial charge in [-0.1, -0.05) is 35.9 Å². The maximum atomic E-state index is 12.2. The maximum absolute atomic E-state index is 12.2. The Hall–Kier alpha value is -2.20. The van der Waals surface area contributed by atoms with Crippen molar-refractivity contribution in [3.05, 3.63) is 23.9 Å².